The largest absolute Gasteiger partial charge is 0.456 e. The second-order valence-corrected chi connectivity index (χ2v) is 12.9. The van der Waals surface area contributed by atoms with Gasteiger partial charge in [0.15, 0.2) is 5.82 Å². The summed E-state index contributed by atoms with van der Waals surface area (Å²) in [7, 11) is 0. The Balaban J connectivity index is 1.21. The van der Waals surface area contributed by atoms with Crippen molar-refractivity contribution >= 4 is 51.3 Å². The second kappa shape index (κ2) is 11.8. The van der Waals surface area contributed by atoms with Crippen LogP contribution in [0.4, 0.5) is 11.4 Å². The molecule has 0 bridgehead atoms. The molecule has 8 nitrogen and oxygen atoms in total. The molecule has 0 fully saturated rings. The number of furan rings is 1. The molecule has 0 radical (unpaired) electrons. The second-order valence-electron chi connectivity index (χ2n) is 11.9. The lowest BCUT2D eigenvalue weighted by Gasteiger charge is -2.19. The SMILES string of the molecule is CC(C)(C)c1ccc(-c2nnc(Sc3ccc(C=Nc4ccc5c(c4)oc4ccccc45)cc3[N+](=O)[O-])n2-c2ccccc2)cc1. The van der Waals surface area contributed by atoms with Crippen LogP contribution < -0.4 is 0 Å². The summed E-state index contributed by atoms with van der Waals surface area (Å²) < 4.78 is 7.91. The summed E-state index contributed by atoms with van der Waals surface area (Å²) in [5, 5.41) is 23.9. The zero-order valence-corrected chi connectivity index (χ0v) is 26.2. The zero-order valence-electron chi connectivity index (χ0n) is 25.4. The number of fused-ring (bicyclic) bond motifs is 3. The predicted octanol–water partition coefficient (Wildman–Crippen LogP) is 9.94. The third kappa shape index (κ3) is 5.68. The molecule has 9 heteroatoms. The normalized spacial score (nSPS) is 12.0. The van der Waals surface area contributed by atoms with Gasteiger partial charge in [-0.15, -0.1) is 10.2 Å². The molecule has 0 saturated heterocycles. The first-order chi connectivity index (χ1) is 22.2. The molecular formula is C37H29N5O3S. The summed E-state index contributed by atoms with van der Waals surface area (Å²) in [6.07, 6.45) is 1.62. The molecule has 2 aromatic heterocycles. The van der Waals surface area contributed by atoms with Gasteiger partial charge in [0.25, 0.3) is 5.69 Å². The van der Waals surface area contributed by atoms with Crippen LogP contribution in [-0.4, -0.2) is 25.9 Å². The van der Waals surface area contributed by atoms with Gasteiger partial charge < -0.3 is 4.42 Å². The summed E-state index contributed by atoms with van der Waals surface area (Å²) in [4.78, 5) is 16.9. The zero-order chi connectivity index (χ0) is 31.8. The van der Waals surface area contributed by atoms with E-state index in [1.165, 1.54) is 23.4 Å². The topological polar surface area (TPSA) is 99.3 Å². The highest BCUT2D eigenvalue weighted by Crippen LogP contribution is 2.38. The first-order valence-corrected chi connectivity index (χ1v) is 15.6. The molecule has 5 aromatic carbocycles. The third-order valence-electron chi connectivity index (χ3n) is 7.76. The minimum Gasteiger partial charge on any atom is -0.456 e. The van der Waals surface area contributed by atoms with Crippen molar-refractivity contribution in [2.24, 2.45) is 4.99 Å². The number of hydrogen-bond acceptors (Lipinski definition) is 7. The van der Waals surface area contributed by atoms with Gasteiger partial charge in [-0.2, -0.15) is 0 Å². The van der Waals surface area contributed by atoms with Crippen LogP contribution >= 0.6 is 11.8 Å². The maximum atomic E-state index is 12.3. The molecule has 0 atom stereocenters. The van der Waals surface area contributed by atoms with E-state index in [1.807, 2.05) is 95.6 Å². The summed E-state index contributed by atoms with van der Waals surface area (Å²) in [5.41, 5.74) is 5.79. The molecule has 0 saturated carbocycles. The first-order valence-electron chi connectivity index (χ1n) is 14.8. The van der Waals surface area contributed by atoms with E-state index >= 15 is 0 Å². The summed E-state index contributed by atoms with van der Waals surface area (Å²) in [6.45, 7) is 6.53. The lowest BCUT2D eigenvalue weighted by atomic mass is 9.87. The fourth-order valence-electron chi connectivity index (χ4n) is 5.34. The van der Waals surface area contributed by atoms with Crippen molar-refractivity contribution in [1.29, 1.82) is 0 Å². The quantitative estimate of drug-likeness (QED) is 0.0995. The number of aliphatic imine (C=N–C) groups is 1. The van der Waals surface area contributed by atoms with Crippen molar-refractivity contribution in [1.82, 2.24) is 14.8 Å². The predicted molar refractivity (Wildman–Crippen MR) is 184 cm³/mol. The lowest BCUT2D eigenvalue weighted by molar-refractivity contribution is -0.387. The fourth-order valence-corrected chi connectivity index (χ4v) is 6.27. The average Bonchev–Trinajstić information content (AvgIpc) is 3.65. The molecule has 0 aliphatic heterocycles. The smallest absolute Gasteiger partial charge is 0.283 e. The van der Waals surface area contributed by atoms with Crippen molar-refractivity contribution in [2.45, 2.75) is 36.2 Å². The summed E-state index contributed by atoms with van der Waals surface area (Å²) in [5.74, 6) is 0.655. The molecule has 0 unspecified atom stereocenters. The number of nitro groups is 1. The summed E-state index contributed by atoms with van der Waals surface area (Å²) in [6, 6.07) is 36.8. The van der Waals surface area contributed by atoms with E-state index in [-0.39, 0.29) is 16.0 Å². The van der Waals surface area contributed by atoms with E-state index in [0.717, 1.165) is 33.2 Å². The molecule has 0 aliphatic rings. The van der Waals surface area contributed by atoms with Gasteiger partial charge in [-0.25, -0.2) is 0 Å². The van der Waals surface area contributed by atoms with E-state index in [1.54, 1.807) is 12.3 Å². The molecule has 0 N–H and O–H groups in total. The van der Waals surface area contributed by atoms with Gasteiger partial charge >= 0.3 is 0 Å². The Morgan fingerprint density at radius 2 is 1.57 bits per heavy atom. The highest BCUT2D eigenvalue weighted by molar-refractivity contribution is 7.99. The van der Waals surface area contributed by atoms with E-state index in [4.69, 9.17) is 4.42 Å². The molecule has 0 aliphatic carbocycles. The van der Waals surface area contributed by atoms with E-state index < -0.39 is 0 Å². The van der Waals surface area contributed by atoms with Gasteiger partial charge in [0.1, 0.15) is 11.2 Å². The molecule has 7 aromatic rings. The Hall–Kier alpha value is -5.54. The lowest BCUT2D eigenvalue weighted by Crippen LogP contribution is -2.10. The molecule has 226 valence electrons. The van der Waals surface area contributed by atoms with Crippen molar-refractivity contribution in [3.8, 4) is 17.1 Å². The van der Waals surface area contributed by atoms with Gasteiger partial charge in [0, 0.05) is 40.4 Å². The van der Waals surface area contributed by atoms with Crippen LogP contribution in [0.3, 0.4) is 0 Å². The monoisotopic (exact) mass is 623 g/mol. The van der Waals surface area contributed by atoms with Gasteiger partial charge in [0.2, 0.25) is 5.16 Å². The first kappa shape index (κ1) is 29.2. The highest BCUT2D eigenvalue weighted by Gasteiger charge is 2.22. The Morgan fingerprint density at radius 3 is 2.33 bits per heavy atom. The van der Waals surface area contributed by atoms with Crippen LogP contribution in [0.15, 0.2) is 135 Å². The van der Waals surface area contributed by atoms with Crippen LogP contribution in [0.25, 0.3) is 39.0 Å². The van der Waals surface area contributed by atoms with Gasteiger partial charge in [-0.3, -0.25) is 19.7 Å². The van der Waals surface area contributed by atoms with Crippen molar-refractivity contribution in [3.63, 3.8) is 0 Å². The number of aromatic nitrogens is 3. The molecule has 2 heterocycles. The van der Waals surface area contributed by atoms with Gasteiger partial charge in [-0.05, 0) is 64.7 Å². The summed E-state index contributed by atoms with van der Waals surface area (Å²) >= 11 is 1.20. The van der Waals surface area contributed by atoms with Crippen LogP contribution in [0, 0.1) is 10.1 Å². The Morgan fingerprint density at radius 1 is 0.826 bits per heavy atom. The number of rotatable bonds is 7. The maximum Gasteiger partial charge on any atom is 0.283 e. The maximum absolute atomic E-state index is 12.3. The van der Waals surface area contributed by atoms with E-state index in [2.05, 4.69) is 48.1 Å². The van der Waals surface area contributed by atoms with E-state index in [9.17, 15) is 10.1 Å². The van der Waals surface area contributed by atoms with Gasteiger partial charge in [-0.1, -0.05) is 87.5 Å². The van der Waals surface area contributed by atoms with Crippen molar-refractivity contribution in [2.75, 3.05) is 0 Å². The third-order valence-corrected chi connectivity index (χ3v) is 8.77. The highest BCUT2D eigenvalue weighted by atomic mass is 32.2. The Bertz CT molecular complexity index is 2250. The molecule has 7 rings (SSSR count). The fraction of sp³-hybridized carbons (Fsp3) is 0.108. The Kier molecular flexibility index (Phi) is 7.46. The minimum absolute atomic E-state index is 0.0184. The van der Waals surface area contributed by atoms with Crippen LogP contribution in [0.5, 0.6) is 0 Å². The number of benzene rings is 5. The van der Waals surface area contributed by atoms with Crippen LogP contribution in [-0.2, 0) is 5.41 Å². The molecule has 46 heavy (non-hydrogen) atoms. The Labute approximate surface area is 269 Å². The van der Waals surface area contributed by atoms with Crippen LogP contribution in [0.1, 0.15) is 31.9 Å². The number of nitro benzene ring substituents is 1. The minimum atomic E-state index is -0.379. The average molecular weight is 624 g/mol. The number of hydrogen-bond donors (Lipinski definition) is 0. The molecule has 0 spiro atoms. The number of nitrogens with zero attached hydrogens (tertiary/aromatic N) is 5. The molecular weight excluding hydrogens is 595 g/mol. The number of para-hydroxylation sites is 2. The van der Waals surface area contributed by atoms with Gasteiger partial charge in [0.05, 0.1) is 15.5 Å². The van der Waals surface area contributed by atoms with Crippen molar-refractivity contribution < 1.29 is 9.34 Å². The van der Waals surface area contributed by atoms with Crippen LogP contribution in [0.2, 0.25) is 0 Å². The van der Waals surface area contributed by atoms with Crippen molar-refractivity contribution in [3.05, 3.63) is 137 Å². The molecule has 0 amide bonds. The standard InChI is InChI=1S/C37H29N5O3S/c1-37(2,3)26-16-14-25(15-17-26)35-39-40-36(41(35)28-9-5-4-6-10-28)46-34-20-13-24(21-31(34)42(43)44)23-38-27-18-19-30-29-11-7-8-12-32(29)45-33(30)22-27/h4-23H,1-3H3. The van der Waals surface area contributed by atoms with E-state index in [0.29, 0.717) is 27.1 Å².